The highest BCUT2D eigenvalue weighted by molar-refractivity contribution is 6.30. The van der Waals surface area contributed by atoms with E-state index in [4.69, 9.17) is 11.6 Å². The van der Waals surface area contributed by atoms with Crippen LogP contribution in [-0.2, 0) is 11.2 Å². The highest BCUT2D eigenvalue weighted by atomic mass is 35.5. The lowest BCUT2D eigenvalue weighted by Crippen LogP contribution is -2.32. The van der Waals surface area contributed by atoms with E-state index in [1.807, 2.05) is 35.2 Å². The van der Waals surface area contributed by atoms with Gasteiger partial charge in [-0.25, -0.2) is 0 Å². The number of likely N-dealkylation sites (tertiary alicyclic amines) is 1. The third-order valence-electron chi connectivity index (χ3n) is 3.73. The van der Waals surface area contributed by atoms with Crippen molar-refractivity contribution in [3.63, 3.8) is 0 Å². The molecule has 1 aromatic carbocycles. The predicted octanol–water partition coefficient (Wildman–Crippen LogP) is 3.20. The number of halogens is 1. The molecule has 1 amide bonds. The highest BCUT2D eigenvalue weighted by Gasteiger charge is 2.28. The van der Waals surface area contributed by atoms with Gasteiger partial charge in [-0.2, -0.15) is 0 Å². The van der Waals surface area contributed by atoms with Crippen molar-refractivity contribution in [3.8, 4) is 0 Å². The van der Waals surface area contributed by atoms with Crippen LogP contribution in [0.3, 0.4) is 0 Å². The molecule has 3 nitrogen and oxygen atoms in total. The van der Waals surface area contributed by atoms with Gasteiger partial charge < -0.3 is 10.0 Å². The molecule has 4 heteroatoms. The fourth-order valence-electron chi connectivity index (χ4n) is 2.72. The molecule has 1 aliphatic heterocycles. The number of hydrogen-bond acceptors (Lipinski definition) is 2. The first kappa shape index (κ1) is 16.1. The first-order valence-corrected chi connectivity index (χ1v) is 7.88. The molecule has 21 heavy (non-hydrogen) atoms. The summed E-state index contributed by atoms with van der Waals surface area (Å²) in [4.78, 5) is 13.7. The first-order valence-electron chi connectivity index (χ1n) is 7.50. The average molecular weight is 308 g/mol. The summed E-state index contributed by atoms with van der Waals surface area (Å²) >= 11 is 5.94. The Bertz CT molecular complexity index is 515. The predicted molar refractivity (Wildman–Crippen MR) is 85.3 cm³/mol. The Kier molecular flexibility index (Phi) is 5.83. The number of nitrogens with zero attached hydrogens (tertiary/aromatic N) is 1. The van der Waals surface area contributed by atoms with Gasteiger partial charge in [0.25, 0.3) is 0 Å². The van der Waals surface area contributed by atoms with Crippen LogP contribution < -0.4 is 0 Å². The fourth-order valence-corrected chi connectivity index (χ4v) is 2.93. The van der Waals surface area contributed by atoms with E-state index in [1.54, 1.807) is 6.08 Å². The van der Waals surface area contributed by atoms with Crippen LogP contribution in [0.15, 0.2) is 36.4 Å². The maximum absolute atomic E-state index is 11.8. The standard InChI is InChI=1S/C17H22ClNO2/c1-2-10-19-15(7-9-17(19)21)6-8-16(20)12-13-4-3-5-14(18)11-13/h3-6,8,11,15-16,20H,2,7,9-10,12H2,1H3/b8-6+. The Hall–Kier alpha value is -1.32. The Balaban J connectivity index is 1.92. The molecule has 0 saturated carbocycles. The van der Waals surface area contributed by atoms with Crippen molar-refractivity contribution in [3.05, 3.63) is 47.0 Å². The van der Waals surface area contributed by atoms with Crippen molar-refractivity contribution in [2.75, 3.05) is 6.54 Å². The Labute approximate surface area is 131 Å². The van der Waals surface area contributed by atoms with Crippen LogP contribution in [0.25, 0.3) is 0 Å². The lowest BCUT2D eigenvalue weighted by Gasteiger charge is -2.21. The fraction of sp³-hybridized carbons (Fsp3) is 0.471. The molecular weight excluding hydrogens is 286 g/mol. The van der Waals surface area contributed by atoms with E-state index in [2.05, 4.69) is 6.92 Å². The zero-order chi connectivity index (χ0) is 15.2. The third-order valence-corrected chi connectivity index (χ3v) is 3.96. The summed E-state index contributed by atoms with van der Waals surface area (Å²) in [5, 5.41) is 10.8. The van der Waals surface area contributed by atoms with E-state index in [0.717, 1.165) is 24.9 Å². The second-order valence-corrected chi connectivity index (χ2v) is 5.92. The van der Waals surface area contributed by atoms with E-state index in [1.165, 1.54) is 0 Å². The molecule has 0 bridgehead atoms. The van der Waals surface area contributed by atoms with Gasteiger partial charge in [0.1, 0.15) is 0 Å². The van der Waals surface area contributed by atoms with E-state index < -0.39 is 6.10 Å². The SMILES string of the molecule is CCCN1C(=O)CCC1/C=C/C(O)Cc1cccc(Cl)c1. The number of aliphatic hydroxyl groups excluding tert-OH is 1. The Morgan fingerprint density at radius 2 is 2.33 bits per heavy atom. The molecule has 2 rings (SSSR count). The molecule has 0 aliphatic carbocycles. The number of aliphatic hydroxyl groups is 1. The maximum Gasteiger partial charge on any atom is 0.223 e. The molecule has 0 aromatic heterocycles. The lowest BCUT2D eigenvalue weighted by atomic mass is 10.1. The van der Waals surface area contributed by atoms with Crippen molar-refractivity contribution in [1.82, 2.24) is 4.90 Å². The van der Waals surface area contributed by atoms with Crippen molar-refractivity contribution >= 4 is 17.5 Å². The summed E-state index contributed by atoms with van der Waals surface area (Å²) in [7, 11) is 0. The van der Waals surface area contributed by atoms with Crippen LogP contribution in [0.2, 0.25) is 5.02 Å². The largest absolute Gasteiger partial charge is 0.389 e. The summed E-state index contributed by atoms with van der Waals surface area (Å²) in [6, 6.07) is 7.64. The van der Waals surface area contributed by atoms with Gasteiger partial charge in [-0.1, -0.05) is 42.8 Å². The molecule has 1 aromatic rings. The second kappa shape index (κ2) is 7.62. The molecular formula is C17H22ClNO2. The van der Waals surface area contributed by atoms with Crippen LogP contribution in [0, 0.1) is 0 Å². The minimum absolute atomic E-state index is 0.131. The van der Waals surface area contributed by atoms with Gasteiger partial charge in [0.05, 0.1) is 12.1 Å². The van der Waals surface area contributed by atoms with Gasteiger partial charge in [0.15, 0.2) is 0 Å². The van der Waals surface area contributed by atoms with Crippen molar-refractivity contribution in [1.29, 1.82) is 0 Å². The summed E-state index contributed by atoms with van der Waals surface area (Å²) in [5.74, 6) is 0.218. The zero-order valence-corrected chi connectivity index (χ0v) is 13.1. The van der Waals surface area contributed by atoms with Crippen LogP contribution in [0.4, 0.5) is 0 Å². The molecule has 1 fully saturated rings. The second-order valence-electron chi connectivity index (χ2n) is 5.48. The summed E-state index contributed by atoms with van der Waals surface area (Å²) in [6.07, 6.45) is 6.16. The molecule has 114 valence electrons. The van der Waals surface area contributed by atoms with Gasteiger partial charge in [0, 0.05) is 24.4 Å². The first-order chi connectivity index (χ1) is 10.1. The van der Waals surface area contributed by atoms with Crippen LogP contribution >= 0.6 is 11.6 Å². The van der Waals surface area contributed by atoms with E-state index in [-0.39, 0.29) is 11.9 Å². The monoisotopic (exact) mass is 307 g/mol. The molecule has 1 N–H and O–H groups in total. The number of amides is 1. The lowest BCUT2D eigenvalue weighted by molar-refractivity contribution is -0.128. The highest BCUT2D eigenvalue weighted by Crippen LogP contribution is 2.20. The normalized spacial score (nSPS) is 20.4. The number of benzene rings is 1. The van der Waals surface area contributed by atoms with Gasteiger partial charge >= 0.3 is 0 Å². The third kappa shape index (κ3) is 4.58. The number of rotatable bonds is 6. The smallest absolute Gasteiger partial charge is 0.223 e. The number of carbonyl (C=O) groups excluding carboxylic acids is 1. The van der Waals surface area contributed by atoms with E-state index in [9.17, 15) is 9.90 Å². The molecule has 2 unspecified atom stereocenters. The Morgan fingerprint density at radius 3 is 3.05 bits per heavy atom. The molecule has 1 aliphatic rings. The van der Waals surface area contributed by atoms with E-state index in [0.29, 0.717) is 17.9 Å². The number of hydrogen-bond donors (Lipinski definition) is 1. The summed E-state index contributed by atoms with van der Waals surface area (Å²) < 4.78 is 0. The summed E-state index contributed by atoms with van der Waals surface area (Å²) in [6.45, 7) is 2.86. The van der Waals surface area contributed by atoms with Crippen molar-refractivity contribution in [2.45, 2.75) is 44.8 Å². The molecule has 1 saturated heterocycles. The van der Waals surface area contributed by atoms with E-state index >= 15 is 0 Å². The summed E-state index contributed by atoms with van der Waals surface area (Å²) in [5.41, 5.74) is 1.01. The van der Waals surface area contributed by atoms with Gasteiger partial charge in [0.2, 0.25) is 5.91 Å². The van der Waals surface area contributed by atoms with Crippen LogP contribution in [0.5, 0.6) is 0 Å². The minimum Gasteiger partial charge on any atom is -0.389 e. The minimum atomic E-state index is -0.553. The Morgan fingerprint density at radius 1 is 1.52 bits per heavy atom. The molecule has 0 radical (unpaired) electrons. The van der Waals surface area contributed by atoms with Gasteiger partial charge in [-0.3, -0.25) is 4.79 Å². The van der Waals surface area contributed by atoms with Crippen molar-refractivity contribution < 1.29 is 9.90 Å². The van der Waals surface area contributed by atoms with Gasteiger partial charge in [-0.15, -0.1) is 0 Å². The molecule has 0 spiro atoms. The van der Waals surface area contributed by atoms with Crippen LogP contribution in [-0.4, -0.2) is 34.6 Å². The molecule has 1 heterocycles. The van der Waals surface area contributed by atoms with Crippen LogP contribution in [0.1, 0.15) is 31.7 Å². The average Bonchev–Trinajstić information content (AvgIpc) is 2.78. The molecule has 2 atom stereocenters. The maximum atomic E-state index is 11.8. The van der Waals surface area contributed by atoms with Gasteiger partial charge in [-0.05, 0) is 30.5 Å². The topological polar surface area (TPSA) is 40.5 Å². The zero-order valence-electron chi connectivity index (χ0n) is 12.3. The quantitative estimate of drug-likeness (QED) is 0.820. The van der Waals surface area contributed by atoms with Crippen molar-refractivity contribution in [2.24, 2.45) is 0 Å². The number of carbonyl (C=O) groups is 1.